The molecule has 0 saturated carbocycles. The Labute approximate surface area is 147 Å². The van der Waals surface area contributed by atoms with Gasteiger partial charge in [-0.05, 0) is 99.9 Å². The minimum absolute atomic E-state index is 0.0521. The number of benzene rings is 2. The molecule has 1 aliphatic rings. The summed E-state index contributed by atoms with van der Waals surface area (Å²) in [7, 11) is 0. The summed E-state index contributed by atoms with van der Waals surface area (Å²) in [5, 5.41) is 0. The number of hydrogen-bond donors (Lipinski definition) is 0. The lowest BCUT2D eigenvalue weighted by Crippen LogP contribution is -2.29. The molecule has 1 aliphatic heterocycles. The Balaban J connectivity index is 2.49. The summed E-state index contributed by atoms with van der Waals surface area (Å²) in [6, 6.07) is 0. The summed E-state index contributed by atoms with van der Waals surface area (Å²) in [6.07, 6.45) is 0. The molecule has 3 rings (SSSR count). The first-order valence-corrected chi connectivity index (χ1v) is 8.91. The molecule has 0 aliphatic carbocycles. The fourth-order valence-electron chi connectivity index (χ4n) is 4.54. The second-order valence-corrected chi connectivity index (χ2v) is 8.14. The number of ether oxygens (including phenoxy) is 1. The highest BCUT2D eigenvalue weighted by Crippen LogP contribution is 2.54. The van der Waals surface area contributed by atoms with E-state index in [1.807, 2.05) is 0 Å². The van der Waals surface area contributed by atoms with Crippen molar-refractivity contribution in [2.75, 3.05) is 0 Å². The Hall–Kier alpha value is -1.76. The fourth-order valence-corrected chi connectivity index (χ4v) is 4.54. The zero-order valence-corrected chi connectivity index (χ0v) is 16.9. The molecular formula is C23H30O. The predicted octanol–water partition coefficient (Wildman–Crippen LogP) is 6.59. The van der Waals surface area contributed by atoms with E-state index in [-0.39, 0.29) is 5.41 Å². The van der Waals surface area contributed by atoms with Gasteiger partial charge in [-0.2, -0.15) is 0 Å². The van der Waals surface area contributed by atoms with Crippen molar-refractivity contribution in [1.82, 2.24) is 0 Å². The van der Waals surface area contributed by atoms with Crippen LogP contribution in [0.25, 0.3) is 0 Å². The SMILES string of the molecule is Cc1c(C)c(C)c2c(c1C)Oc1c(C)c(C)c(C)c(C)c1C2(C)C. The third-order valence-corrected chi connectivity index (χ3v) is 6.71. The first-order chi connectivity index (χ1) is 11.0. The smallest absolute Gasteiger partial charge is 0.134 e. The fraction of sp³-hybridized carbons (Fsp3) is 0.478. The van der Waals surface area contributed by atoms with Crippen molar-refractivity contribution in [2.24, 2.45) is 0 Å². The van der Waals surface area contributed by atoms with Gasteiger partial charge in [0.2, 0.25) is 0 Å². The van der Waals surface area contributed by atoms with E-state index in [0.29, 0.717) is 0 Å². The topological polar surface area (TPSA) is 9.23 Å². The lowest BCUT2D eigenvalue weighted by atomic mass is 9.69. The molecule has 0 amide bonds. The maximum absolute atomic E-state index is 6.61. The van der Waals surface area contributed by atoms with Gasteiger partial charge in [0, 0.05) is 16.5 Å². The molecule has 0 saturated heterocycles. The minimum Gasteiger partial charge on any atom is -0.456 e. The van der Waals surface area contributed by atoms with E-state index < -0.39 is 0 Å². The summed E-state index contributed by atoms with van der Waals surface area (Å²) < 4.78 is 6.61. The van der Waals surface area contributed by atoms with Crippen molar-refractivity contribution >= 4 is 0 Å². The monoisotopic (exact) mass is 322 g/mol. The molecule has 2 aromatic rings. The number of rotatable bonds is 0. The quantitative estimate of drug-likeness (QED) is 0.532. The molecule has 128 valence electrons. The zero-order chi connectivity index (χ0) is 18.1. The van der Waals surface area contributed by atoms with Crippen LogP contribution in [0.4, 0.5) is 0 Å². The van der Waals surface area contributed by atoms with Gasteiger partial charge in [0.1, 0.15) is 11.5 Å². The molecule has 0 atom stereocenters. The average Bonchev–Trinajstić information content (AvgIpc) is 2.52. The van der Waals surface area contributed by atoms with Crippen LogP contribution in [-0.4, -0.2) is 0 Å². The van der Waals surface area contributed by atoms with Crippen LogP contribution in [0.15, 0.2) is 0 Å². The Bertz CT molecular complexity index is 811. The van der Waals surface area contributed by atoms with E-state index in [1.165, 1.54) is 55.6 Å². The number of hydrogen-bond acceptors (Lipinski definition) is 1. The maximum atomic E-state index is 6.61. The van der Waals surface area contributed by atoms with Crippen LogP contribution in [0.3, 0.4) is 0 Å². The molecule has 1 nitrogen and oxygen atoms in total. The molecule has 0 aromatic heterocycles. The standard InChI is InChI=1S/C23H30O/c1-11-13(3)17(7)21-19(15(11)5)23(9,10)20-16(6)12(2)14(4)18(8)22(20)24-21/h1-10H3. The summed E-state index contributed by atoms with van der Waals surface area (Å²) in [4.78, 5) is 0. The molecular weight excluding hydrogens is 292 g/mol. The Morgan fingerprint density at radius 1 is 0.458 bits per heavy atom. The summed E-state index contributed by atoms with van der Waals surface area (Å²) >= 11 is 0. The van der Waals surface area contributed by atoms with Crippen molar-refractivity contribution < 1.29 is 4.74 Å². The van der Waals surface area contributed by atoms with Crippen LogP contribution in [0, 0.1) is 55.4 Å². The van der Waals surface area contributed by atoms with E-state index in [4.69, 9.17) is 4.74 Å². The second-order valence-electron chi connectivity index (χ2n) is 8.14. The minimum atomic E-state index is -0.0521. The molecule has 2 aromatic carbocycles. The Morgan fingerprint density at radius 3 is 1.08 bits per heavy atom. The molecule has 0 fully saturated rings. The second kappa shape index (κ2) is 5.12. The Kier molecular flexibility index (Phi) is 3.64. The summed E-state index contributed by atoms with van der Waals surface area (Å²) in [5.74, 6) is 2.16. The first-order valence-electron chi connectivity index (χ1n) is 8.91. The van der Waals surface area contributed by atoms with Gasteiger partial charge in [0.05, 0.1) is 0 Å². The highest BCUT2D eigenvalue weighted by Gasteiger charge is 2.40. The van der Waals surface area contributed by atoms with Crippen molar-refractivity contribution in [3.05, 3.63) is 55.6 Å². The van der Waals surface area contributed by atoms with Crippen molar-refractivity contribution in [3.63, 3.8) is 0 Å². The zero-order valence-electron chi connectivity index (χ0n) is 16.9. The highest BCUT2D eigenvalue weighted by atomic mass is 16.5. The molecule has 1 heterocycles. The van der Waals surface area contributed by atoms with Crippen molar-refractivity contribution in [3.8, 4) is 11.5 Å². The third-order valence-electron chi connectivity index (χ3n) is 6.71. The lowest BCUT2D eigenvalue weighted by Gasteiger charge is -2.40. The lowest BCUT2D eigenvalue weighted by molar-refractivity contribution is 0.407. The van der Waals surface area contributed by atoms with Gasteiger partial charge in [-0.15, -0.1) is 0 Å². The summed E-state index contributed by atoms with van der Waals surface area (Å²) in [5.41, 5.74) is 13.5. The predicted molar refractivity (Wildman–Crippen MR) is 103 cm³/mol. The molecule has 0 radical (unpaired) electrons. The van der Waals surface area contributed by atoms with Gasteiger partial charge in [0.15, 0.2) is 0 Å². The van der Waals surface area contributed by atoms with Gasteiger partial charge in [-0.25, -0.2) is 0 Å². The Morgan fingerprint density at radius 2 is 0.750 bits per heavy atom. The van der Waals surface area contributed by atoms with Crippen LogP contribution in [0.2, 0.25) is 0 Å². The van der Waals surface area contributed by atoms with Crippen molar-refractivity contribution in [1.29, 1.82) is 0 Å². The van der Waals surface area contributed by atoms with Crippen LogP contribution < -0.4 is 4.74 Å². The van der Waals surface area contributed by atoms with E-state index in [1.54, 1.807) is 0 Å². The van der Waals surface area contributed by atoms with E-state index in [9.17, 15) is 0 Å². The van der Waals surface area contributed by atoms with Gasteiger partial charge in [-0.3, -0.25) is 0 Å². The third kappa shape index (κ3) is 1.93. The van der Waals surface area contributed by atoms with Crippen molar-refractivity contribution in [2.45, 2.75) is 74.7 Å². The van der Waals surface area contributed by atoms with E-state index >= 15 is 0 Å². The largest absolute Gasteiger partial charge is 0.456 e. The van der Waals surface area contributed by atoms with Gasteiger partial charge in [-0.1, -0.05) is 13.8 Å². The van der Waals surface area contributed by atoms with E-state index in [2.05, 4.69) is 69.2 Å². The highest BCUT2D eigenvalue weighted by molar-refractivity contribution is 5.69. The van der Waals surface area contributed by atoms with Gasteiger partial charge in [0.25, 0.3) is 0 Å². The van der Waals surface area contributed by atoms with Crippen LogP contribution in [-0.2, 0) is 5.41 Å². The average molecular weight is 322 g/mol. The molecule has 0 unspecified atom stereocenters. The van der Waals surface area contributed by atoms with E-state index in [0.717, 1.165) is 11.5 Å². The van der Waals surface area contributed by atoms with Gasteiger partial charge < -0.3 is 4.74 Å². The molecule has 1 heteroatoms. The maximum Gasteiger partial charge on any atom is 0.134 e. The van der Waals surface area contributed by atoms with Crippen LogP contribution in [0.5, 0.6) is 11.5 Å². The molecule has 0 bridgehead atoms. The van der Waals surface area contributed by atoms with Gasteiger partial charge >= 0.3 is 0 Å². The first kappa shape index (κ1) is 17.1. The number of fused-ring (bicyclic) bond motifs is 2. The molecule has 0 spiro atoms. The summed E-state index contributed by atoms with van der Waals surface area (Å²) in [6.45, 7) is 22.5. The normalized spacial score (nSPS) is 14.9. The van der Waals surface area contributed by atoms with Crippen LogP contribution >= 0.6 is 0 Å². The molecule has 0 N–H and O–H groups in total. The molecule has 24 heavy (non-hydrogen) atoms. The van der Waals surface area contributed by atoms with Crippen LogP contribution in [0.1, 0.15) is 69.5 Å².